The van der Waals surface area contributed by atoms with Crippen molar-refractivity contribution in [2.45, 2.75) is 128 Å². The van der Waals surface area contributed by atoms with Crippen LogP contribution in [0.25, 0.3) is 0 Å². The lowest BCUT2D eigenvalue weighted by Crippen LogP contribution is -2.56. The van der Waals surface area contributed by atoms with Crippen LogP contribution in [0, 0.1) is 28.6 Å². The maximum Gasteiger partial charge on any atom is 0.166 e. The summed E-state index contributed by atoms with van der Waals surface area (Å²) in [6.45, 7) is 12.1. The first kappa shape index (κ1) is 31.9. The van der Waals surface area contributed by atoms with Crippen LogP contribution < -0.4 is 0 Å². The van der Waals surface area contributed by atoms with Crippen LogP contribution in [0.15, 0.2) is 35.5 Å². The molecule has 3 aliphatic carbocycles. The van der Waals surface area contributed by atoms with Crippen molar-refractivity contribution in [2.24, 2.45) is 28.6 Å². The molecule has 7 nitrogen and oxygen atoms in total. The van der Waals surface area contributed by atoms with E-state index in [0.717, 1.165) is 36.8 Å². The Morgan fingerprint density at radius 1 is 1.10 bits per heavy atom. The van der Waals surface area contributed by atoms with E-state index >= 15 is 0 Å². The molecule has 7 heteroatoms. The molecule has 4 fully saturated rings. The van der Waals surface area contributed by atoms with Gasteiger partial charge in [-0.1, -0.05) is 70.4 Å². The smallest absolute Gasteiger partial charge is 0.166 e. The van der Waals surface area contributed by atoms with Gasteiger partial charge in [0.05, 0.1) is 13.2 Å². The summed E-state index contributed by atoms with van der Waals surface area (Å²) in [4.78, 5) is 0. The van der Waals surface area contributed by atoms with Crippen molar-refractivity contribution >= 4 is 0 Å². The molecule has 6 N–H and O–H groups in total. The summed E-state index contributed by atoms with van der Waals surface area (Å²) in [7, 11) is 0. The summed E-state index contributed by atoms with van der Waals surface area (Å²) in [6, 6.07) is 0. The van der Waals surface area contributed by atoms with E-state index in [2.05, 4.69) is 32.6 Å². The van der Waals surface area contributed by atoms with Crippen LogP contribution in [0.4, 0.5) is 0 Å². The molecule has 0 aromatic carbocycles. The lowest BCUT2D eigenvalue weighted by Gasteiger charge is -2.46. The van der Waals surface area contributed by atoms with Crippen molar-refractivity contribution in [3.63, 3.8) is 0 Å². The fraction of sp³-hybridized carbons (Fsp3) is 0.818. The van der Waals surface area contributed by atoms with E-state index in [1.54, 1.807) is 0 Å². The predicted octanol–water partition coefficient (Wildman–Crippen LogP) is 4.15. The Morgan fingerprint density at radius 2 is 1.82 bits per heavy atom. The second-order valence-corrected chi connectivity index (χ2v) is 14.4. The third-order valence-electron chi connectivity index (χ3n) is 11.5. The summed E-state index contributed by atoms with van der Waals surface area (Å²) in [5, 5.41) is 61.3. The zero-order chi connectivity index (χ0) is 29.5. The fourth-order valence-corrected chi connectivity index (χ4v) is 8.85. The van der Waals surface area contributed by atoms with Gasteiger partial charge in [-0.2, -0.15) is 0 Å². The molecule has 4 rings (SSSR count). The standard InChI is InChI=1S/C33H54O7/c1-21-14-17-32(38,39)18-24(21)11-10-23-9-7-16-31(5)25(12-13-26(23)31)22(2)8-6-15-30(3,4)33(20-35)29(37)28(36)27(19-34)40-33/h10-11,22,25-29,34-39H,1,6-9,12-20H2,2-5H3/b23-10?,24-11-/t22-,25-,26?,27-,28-,29+,31-,33+/m1/s1. The normalized spacial score (nSPS) is 41.0. The molecule has 0 bridgehead atoms. The minimum absolute atomic E-state index is 0.243. The molecule has 3 saturated carbocycles. The molecule has 1 aliphatic heterocycles. The van der Waals surface area contributed by atoms with Crippen molar-refractivity contribution in [1.82, 2.24) is 0 Å². The first-order valence-corrected chi connectivity index (χ1v) is 15.5. The Balaban J connectivity index is 1.40. The SMILES string of the molecule is C=C1CCC(O)(O)C/C1=C/C=C1CCC[C@@]2(C)C1CC[C@@H]2[C@H](C)CCCC(C)(C)[C@@]1(CO)O[C@H](CO)[C@@H](O)[C@@H]1O. The Bertz CT molecular complexity index is 983. The molecule has 0 radical (unpaired) electrons. The number of ether oxygens (including phenoxy) is 1. The number of allylic oxidation sites excluding steroid dienone is 4. The van der Waals surface area contributed by atoms with E-state index in [1.165, 1.54) is 31.3 Å². The number of hydrogen-bond donors (Lipinski definition) is 6. The molecule has 8 atom stereocenters. The molecule has 1 unspecified atom stereocenters. The molecule has 0 aromatic rings. The number of rotatable bonds is 9. The Labute approximate surface area is 240 Å². The van der Waals surface area contributed by atoms with Crippen LogP contribution in [-0.2, 0) is 4.74 Å². The van der Waals surface area contributed by atoms with Gasteiger partial charge >= 0.3 is 0 Å². The first-order chi connectivity index (χ1) is 18.7. The second-order valence-electron chi connectivity index (χ2n) is 14.4. The van der Waals surface area contributed by atoms with Crippen LogP contribution in [0.3, 0.4) is 0 Å². The van der Waals surface area contributed by atoms with Crippen molar-refractivity contribution in [1.29, 1.82) is 0 Å². The van der Waals surface area contributed by atoms with Gasteiger partial charge in [-0.05, 0) is 79.1 Å². The van der Waals surface area contributed by atoms with Crippen molar-refractivity contribution in [3.8, 4) is 0 Å². The van der Waals surface area contributed by atoms with E-state index in [9.17, 15) is 30.6 Å². The maximum atomic E-state index is 10.8. The topological polar surface area (TPSA) is 131 Å². The number of aliphatic hydroxyl groups is 6. The quantitative estimate of drug-likeness (QED) is 0.233. The van der Waals surface area contributed by atoms with E-state index in [0.29, 0.717) is 30.6 Å². The minimum Gasteiger partial charge on any atom is -0.394 e. The zero-order valence-electron chi connectivity index (χ0n) is 25.1. The summed E-state index contributed by atoms with van der Waals surface area (Å²) in [6.07, 6.45) is 10.8. The summed E-state index contributed by atoms with van der Waals surface area (Å²) in [5.74, 6) is 0.0587. The largest absolute Gasteiger partial charge is 0.394 e. The molecule has 40 heavy (non-hydrogen) atoms. The van der Waals surface area contributed by atoms with Crippen molar-refractivity contribution in [3.05, 3.63) is 35.5 Å². The summed E-state index contributed by atoms with van der Waals surface area (Å²) >= 11 is 0. The zero-order valence-corrected chi connectivity index (χ0v) is 25.1. The lowest BCUT2D eigenvalue weighted by atomic mass is 9.60. The monoisotopic (exact) mass is 562 g/mol. The van der Waals surface area contributed by atoms with E-state index < -0.39 is 48.3 Å². The molecule has 0 spiro atoms. The van der Waals surface area contributed by atoms with Gasteiger partial charge in [-0.3, -0.25) is 0 Å². The van der Waals surface area contributed by atoms with Crippen LogP contribution >= 0.6 is 0 Å². The average Bonchev–Trinajstić information content (AvgIpc) is 3.39. The lowest BCUT2D eigenvalue weighted by molar-refractivity contribution is -0.182. The highest BCUT2D eigenvalue weighted by molar-refractivity contribution is 5.37. The van der Waals surface area contributed by atoms with E-state index in [1.807, 2.05) is 13.8 Å². The molecule has 0 amide bonds. The Morgan fingerprint density at radius 3 is 2.48 bits per heavy atom. The summed E-state index contributed by atoms with van der Waals surface area (Å²) < 4.78 is 5.93. The molecule has 0 aromatic heterocycles. The molecular formula is C33H54O7. The van der Waals surface area contributed by atoms with Crippen LogP contribution in [0.1, 0.15) is 98.3 Å². The number of aliphatic hydroxyl groups excluding tert-OH is 4. The van der Waals surface area contributed by atoms with Gasteiger partial charge in [-0.25, -0.2) is 0 Å². The fourth-order valence-electron chi connectivity index (χ4n) is 8.85. The van der Waals surface area contributed by atoms with E-state index in [4.69, 9.17) is 4.74 Å². The van der Waals surface area contributed by atoms with E-state index in [-0.39, 0.29) is 11.8 Å². The second kappa shape index (κ2) is 11.9. The summed E-state index contributed by atoms with van der Waals surface area (Å²) in [5.41, 5.74) is 1.80. The van der Waals surface area contributed by atoms with Gasteiger partial charge in [0.1, 0.15) is 23.9 Å². The van der Waals surface area contributed by atoms with Crippen LogP contribution in [-0.4, -0.2) is 73.6 Å². The number of fused-ring (bicyclic) bond motifs is 1. The number of hydrogen-bond acceptors (Lipinski definition) is 7. The molecule has 228 valence electrons. The molecular weight excluding hydrogens is 508 g/mol. The highest BCUT2D eigenvalue weighted by Gasteiger charge is 2.60. The van der Waals surface area contributed by atoms with Gasteiger partial charge in [0, 0.05) is 12.8 Å². The molecule has 1 saturated heterocycles. The van der Waals surface area contributed by atoms with Gasteiger partial charge in [0.15, 0.2) is 5.79 Å². The third-order valence-corrected chi connectivity index (χ3v) is 11.5. The average molecular weight is 563 g/mol. The Hall–Kier alpha value is -1.06. The van der Waals surface area contributed by atoms with Crippen molar-refractivity contribution in [2.75, 3.05) is 13.2 Å². The Kier molecular flexibility index (Phi) is 9.49. The van der Waals surface area contributed by atoms with Gasteiger partial charge in [-0.15, -0.1) is 0 Å². The molecule has 4 aliphatic rings. The van der Waals surface area contributed by atoms with Gasteiger partial charge in [0.25, 0.3) is 0 Å². The van der Waals surface area contributed by atoms with Crippen LogP contribution in [0.2, 0.25) is 0 Å². The highest BCUT2D eigenvalue weighted by atomic mass is 16.6. The predicted molar refractivity (Wildman–Crippen MR) is 155 cm³/mol. The third kappa shape index (κ3) is 5.77. The molecule has 1 heterocycles. The maximum absolute atomic E-state index is 10.8. The van der Waals surface area contributed by atoms with Gasteiger partial charge < -0.3 is 35.4 Å². The minimum atomic E-state index is -1.63. The van der Waals surface area contributed by atoms with Crippen molar-refractivity contribution < 1.29 is 35.4 Å². The first-order valence-electron chi connectivity index (χ1n) is 15.5. The van der Waals surface area contributed by atoms with Gasteiger partial charge in [0.2, 0.25) is 0 Å². The van der Waals surface area contributed by atoms with Crippen LogP contribution in [0.5, 0.6) is 0 Å². The highest BCUT2D eigenvalue weighted by Crippen LogP contribution is 2.60.